The van der Waals surface area contributed by atoms with E-state index in [1.165, 1.54) is 0 Å². The zero-order valence-corrected chi connectivity index (χ0v) is 12.2. The second-order valence-corrected chi connectivity index (χ2v) is 5.35. The van der Waals surface area contributed by atoms with Gasteiger partial charge < -0.3 is 14.7 Å². The number of ether oxygens (including phenoxy) is 1. The number of anilines is 1. The molecule has 0 radical (unpaired) electrons. The van der Waals surface area contributed by atoms with Gasteiger partial charge in [-0.15, -0.1) is 0 Å². The quantitative estimate of drug-likeness (QED) is 0.907. The number of rotatable bonds is 4. The molecule has 0 amide bonds. The highest BCUT2D eigenvalue weighted by Gasteiger charge is 2.46. The van der Waals surface area contributed by atoms with Gasteiger partial charge in [-0.05, 0) is 49.9 Å². The summed E-state index contributed by atoms with van der Waals surface area (Å²) in [5.41, 5.74) is 4.46. The van der Waals surface area contributed by atoms with Crippen molar-refractivity contribution in [1.82, 2.24) is 0 Å². The summed E-state index contributed by atoms with van der Waals surface area (Å²) >= 11 is 0. The number of carbonyl (C=O) groups is 1. The number of aliphatic carboxylic acids is 1. The molecular formula is C15H21NO3. The maximum atomic E-state index is 11.0. The Morgan fingerprint density at radius 2 is 2.00 bits per heavy atom. The van der Waals surface area contributed by atoms with E-state index in [-0.39, 0.29) is 12.0 Å². The largest absolute Gasteiger partial charge is 0.496 e. The summed E-state index contributed by atoms with van der Waals surface area (Å²) in [5.74, 6) is -0.0104. The Kier molecular flexibility index (Phi) is 3.43. The molecule has 0 saturated heterocycles. The highest BCUT2D eigenvalue weighted by atomic mass is 16.5. The number of methoxy groups -OCH3 is 1. The van der Waals surface area contributed by atoms with Crippen LogP contribution in [-0.4, -0.2) is 31.3 Å². The van der Waals surface area contributed by atoms with E-state index in [4.69, 9.17) is 9.84 Å². The monoisotopic (exact) mass is 263 g/mol. The Labute approximate surface area is 114 Å². The molecule has 4 heteroatoms. The van der Waals surface area contributed by atoms with Crippen LogP contribution in [0.4, 0.5) is 5.69 Å². The summed E-state index contributed by atoms with van der Waals surface area (Å²) in [7, 11) is 3.65. The minimum atomic E-state index is -0.698. The molecule has 1 saturated carbocycles. The Morgan fingerprint density at radius 1 is 1.37 bits per heavy atom. The molecule has 1 N–H and O–H groups in total. The van der Waals surface area contributed by atoms with Gasteiger partial charge in [-0.25, -0.2) is 0 Å². The van der Waals surface area contributed by atoms with Crippen LogP contribution in [0.2, 0.25) is 0 Å². The van der Waals surface area contributed by atoms with Gasteiger partial charge in [0.15, 0.2) is 0 Å². The summed E-state index contributed by atoms with van der Waals surface area (Å²) in [5, 5.41) is 9.03. The fourth-order valence-electron chi connectivity index (χ4n) is 2.77. The van der Waals surface area contributed by atoms with E-state index in [2.05, 4.69) is 17.9 Å². The maximum Gasteiger partial charge on any atom is 0.308 e. The van der Waals surface area contributed by atoms with E-state index < -0.39 is 5.97 Å². The lowest BCUT2D eigenvalue weighted by atomic mass is 10.0. The zero-order valence-electron chi connectivity index (χ0n) is 12.2. The molecule has 19 heavy (non-hydrogen) atoms. The van der Waals surface area contributed by atoms with Crippen LogP contribution < -0.4 is 9.64 Å². The topological polar surface area (TPSA) is 49.8 Å². The average Bonchev–Trinajstić information content (AvgIpc) is 3.14. The first kappa shape index (κ1) is 13.7. The number of carboxylic acid groups (broad SMARTS) is 1. The van der Waals surface area contributed by atoms with Crippen molar-refractivity contribution in [3.8, 4) is 5.75 Å². The number of nitrogens with zero attached hydrogens (tertiary/aromatic N) is 1. The van der Waals surface area contributed by atoms with E-state index in [1.54, 1.807) is 7.11 Å². The van der Waals surface area contributed by atoms with Crippen LogP contribution in [0.1, 0.15) is 23.1 Å². The van der Waals surface area contributed by atoms with Crippen LogP contribution >= 0.6 is 0 Å². The van der Waals surface area contributed by atoms with Crippen LogP contribution in [0.25, 0.3) is 0 Å². The normalized spacial score (nSPS) is 21.1. The molecule has 1 aromatic rings. The van der Waals surface area contributed by atoms with Crippen molar-refractivity contribution in [2.24, 2.45) is 5.92 Å². The lowest BCUT2D eigenvalue weighted by Crippen LogP contribution is -2.24. The van der Waals surface area contributed by atoms with Crippen LogP contribution in [0.5, 0.6) is 5.75 Å². The SMILES string of the molecule is COc1c(C)cc(N(C)C2CC2C(=O)O)c(C)c1C. The van der Waals surface area contributed by atoms with Crippen LogP contribution in [0.15, 0.2) is 6.07 Å². The number of aryl methyl sites for hydroxylation is 1. The van der Waals surface area contributed by atoms with Crippen molar-refractivity contribution in [2.75, 3.05) is 19.1 Å². The Hall–Kier alpha value is -1.71. The molecule has 1 aliphatic rings. The van der Waals surface area contributed by atoms with Gasteiger partial charge in [-0.2, -0.15) is 0 Å². The Balaban J connectivity index is 2.34. The molecule has 1 fully saturated rings. The Morgan fingerprint density at radius 3 is 2.47 bits per heavy atom. The van der Waals surface area contributed by atoms with Crippen LogP contribution in [0.3, 0.4) is 0 Å². The first-order valence-electron chi connectivity index (χ1n) is 6.48. The van der Waals surface area contributed by atoms with Crippen molar-refractivity contribution >= 4 is 11.7 Å². The first-order valence-corrected chi connectivity index (χ1v) is 6.48. The van der Waals surface area contributed by atoms with Gasteiger partial charge in [0, 0.05) is 18.8 Å². The molecule has 1 aliphatic carbocycles. The maximum absolute atomic E-state index is 11.0. The fourth-order valence-corrected chi connectivity index (χ4v) is 2.77. The van der Waals surface area contributed by atoms with Crippen molar-refractivity contribution in [2.45, 2.75) is 33.2 Å². The van der Waals surface area contributed by atoms with Crippen molar-refractivity contribution in [3.05, 3.63) is 22.8 Å². The van der Waals surface area contributed by atoms with E-state index in [9.17, 15) is 4.79 Å². The van der Waals surface area contributed by atoms with Gasteiger partial charge in [0.05, 0.1) is 13.0 Å². The van der Waals surface area contributed by atoms with E-state index in [0.717, 1.165) is 34.5 Å². The third-order valence-electron chi connectivity index (χ3n) is 4.15. The molecule has 0 aliphatic heterocycles. The Bertz CT molecular complexity index is 525. The second-order valence-electron chi connectivity index (χ2n) is 5.35. The van der Waals surface area contributed by atoms with Gasteiger partial charge in [-0.3, -0.25) is 4.79 Å². The number of hydrogen-bond donors (Lipinski definition) is 1. The predicted molar refractivity (Wildman–Crippen MR) is 75.1 cm³/mol. The second kappa shape index (κ2) is 4.76. The van der Waals surface area contributed by atoms with Gasteiger partial charge in [0.1, 0.15) is 5.75 Å². The smallest absolute Gasteiger partial charge is 0.308 e. The average molecular weight is 263 g/mol. The molecular weight excluding hydrogens is 242 g/mol. The van der Waals surface area contributed by atoms with Gasteiger partial charge in [0.25, 0.3) is 0 Å². The standard InChI is InChI=1S/C15H21NO3/c1-8-6-12(9(2)10(3)14(8)19-5)16(4)13-7-11(13)15(17)18/h6,11,13H,7H2,1-5H3,(H,17,18). The van der Waals surface area contributed by atoms with E-state index in [0.29, 0.717) is 0 Å². The van der Waals surface area contributed by atoms with Crippen molar-refractivity contribution < 1.29 is 14.6 Å². The summed E-state index contributed by atoms with van der Waals surface area (Å²) in [6.07, 6.45) is 0.732. The molecule has 0 bridgehead atoms. The minimum absolute atomic E-state index is 0.114. The third kappa shape index (κ3) is 2.27. The van der Waals surface area contributed by atoms with Crippen molar-refractivity contribution in [1.29, 1.82) is 0 Å². The summed E-state index contributed by atoms with van der Waals surface area (Å²) in [4.78, 5) is 13.1. The predicted octanol–water partition coefficient (Wildman–Crippen LogP) is 2.53. The number of hydrogen-bond acceptors (Lipinski definition) is 3. The molecule has 104 valence electrons. The molecule has 0 heterocycles. The highest BCUT2D eigenvalue weighted by Crippen LogP contribution is 2.41. The minimum Gasteiger partial charge on any atom is -0.496 e. The molecule has 4 nitrogen and oxygen atoms in total. The summed E-state index contributed by atoms with van der Waals surface area (Å²) in [6, 6.07) is 2.20. The molecule has 1 aromatic carbocycles. The summed E-state index contributed by atoms with van der Waals surface area (Å²) in [6.45, 7) is 6.12. The van der Waals surface area contributed by atoms with E-state index >= 15 is 0 Å². The van der Waals surface area contributed by atoms with Crippen LogP contribution in [0, 0.1) is 26.7 Å². The third-order valence-corrected chi connectivity index (χ3v) is 4.15. The highest BCUT2D eigenvalue weighted by molar-refractivity contribution is 5.76. The van der Waals surface area contributed by atoms with Crippen LogP contribution in [-0.2, 0) is 4.79 Å². The van der Waals surface area contributed by atoms with E-state index in [1.807, 2.05) is 20.9 Å². The van der Waals surface area contributed by atoms with Crippen molar-refractivity contribution in [3.63, 3.8) is 0 Å². The summed E-state index contributed by atoms with van der Waals surface area (Å²) < 4.78 is 5.41. The van der Waals surface area contributed by atoms with Gasteiger partial charge in [0.2, 0.25) is 0 Å². The number of benzene rings is 1. The fraction of sp³-hybridized carbons (Fsp3) is 0.533. The molecule has 2 unspecified atom stereocenters. The van der Waals surface area contributed by atoms with Gasteiger partial charge in [-0.1, -0.05) is 0 Å². The number of carboxylic acids is 1. The molecule has 2 rings (SSSR count). The molecule has 0 spiro atoms. The molecule has 0 aromatic heterocycles. The lowest BCUT2D eigenvalue weighted by Gasteiger charge is -2.24. The van der Waals surface area contributed by atoms with Gasteiger partial charge >= 0.3 is 5.97 Å². The first-order chi connectivity index (χ1) is 8.88. The lowest BCUT2D eigenvalue weighted by molar-refractivity contribution is -0.138. The zero-order chi connectivity index (χ0) is 14.3. The molecule has 2 atom stereocenters.